The Morgan fingerprint density at radius 1 is 0.257 bits per heavy atom. The molecular weight excluding hydrogens is 2030 g/mol. The Hall–Kier alpha value is -11.2. The number of hydrogen-bond donors (Lipinski definition) is 5. The van der Waals surface area contributed by atoms with E-state index in [2.05, 4.69) is 53.3 Å². The van der Waals surface area contributed by atoms with E-state index in [1.54, 1.807) is 91.0 Å². The molecule has 786 valence electrons. The number of nitrogens with two attached hydrogens (primary N) is 5. The van der Waals surface area contributed by atoms with Crippen molar-refractivity contribution >= 4 is 160 Å². The molecule has 2 atom stereocenters. The molecule has 5 aromatic carbocycles. The molecule has 0 bridgehead atoms. The first-order valence-corrected chi connectivity index (χ1v) is 48.6. The molecule has 0 heterocycles. The standard InChI is InChI=1S/2C16H23N3O3.3C13H17N3O3.5F6P/c2*1-3-5-6-13(4-2)10-22-16-9-14(19(11-20)12-21)7-8-15(16)18-17;3*1-3-11(4-2)19-13-7-10(16(8-17)9-18)5-6-12(13)15-14;5*1-7(2,3,4,5)6/h2*7-9,11-13,17H,3-6,10H2,1-2H3;3*5-9,11,14H,3-4H2,1-2H3;;;;;/q;;;;;5*-1/p+5. The molecule has 10 N–H and O–H groups in total. The van der Waals surface area contributed by atoms with Gasteiger partial charge in [-0.2, -0.15) is 27.7 Å². The third-order valence-corrected chi connectivity index (χ3v) is 15.7. The van der Waals surface area contributed by atoms with Crippen molar-refractivity contribution in [1.82, 2.24) is 0 Å². The van der Waals surface area contributed by atoms with Gasteiger partial charge in [-0.3, -0.25) is 72.4 Å². The first-order valence-electron chi connectivity index (χ1n) is 38.5. The normalized spacial score (nSPS) is 13.9. The molecule has 5 aromatic rings. The van der Waals surface area contributed by atoms with Crippen LogP contribution in [0.5, 0.6) is 28.7 Å². The number of halogens is 30. The summed E-state index contributed by atoms with van der Waals surface area (Å²) in [6, 6.07) is 23.9. The van der Waals surface area contributed by atoms with Crippen LogP contribution in [0.3, 0.4) is 0 Å². The minimum absolute atomic E-state index is 0.0386. The summed E-state index contributed by atoms with van der Waals surface area (Å²) < 4.78 is 325. The fraction of sp³-hybridized carbons (Fsp3) is 0.437. The molecule has 0 radical (unpaired) electrons. The third kappa shape index (κ3) is 81.2. The number of ether oxygens (including phenoxy) is 5. The number of nitrogens with zero attached hydrogens (tertiary/aromatic N) is 10. The summed E-state index contributed by atoms with van der Waals surface area (Å²) in [5, 5.41) is 18.2. The van der Waals surface area contributed by atoms with Crippen molar-refractivity contribution < 1.29 is 225 Å². The molecule has 0 fully saturated rings. The Kier molecular flexibility index (Phi) is 50.8. The molecule has 30 nitrogen and oxygen atoms in total. The van der Waals surface area contributed by atoms with Crippen LogP contribution in [0.4, 0.5) is 183 Å². The number of benzene rings is 5. The number of carbonyl (C=O) groups excluding carboxylic acids is 10. The summed E-state index contributed by atoms with van der Waals surface area (Å²) in [6.07, 6.45) is 18.5. The number of imide groups is 5. The summed E-state index contributed by atoms with van der Waals surface area (Å²) in [5.74, 6) is 3.25. The predicted octanol–water partition coefficient (Wildman–Crippen LogP) is 25.0. The summed E-state index contributed by atoms with van der Waals surface area (Å²) in [5.41, 5.74) is 31.1. The molecule has 0 aliphatic heterocycles. The summed E-state index contributed by atoms with van der Waals surface area (Å²) in [6.45, 7) is 21.8. The van der Waals surface area contributed by atoms with Crippen LogP contribution in [-0.4, -0.2) is 95.6 Å². The Labute approximate surface area is 755 Å². The Morgan fingerprint density at radius 2 is 0.404 bits per heavy atom. The van der Waals surface area contributed by atoms with E-state index < -0.39 is 39.0 Å². The van der Waals surface area contributed by atoms with E-state index in [0.717, 1.165) is 102 Å². The van der Waals surface area contributed by atoms with Crippen LogP contribution >= 0.6 is 39.0 Å². The summed E-state index contributed by atoms with van der Waals surface area (Å²) in [7, 11) is -53.3. The molecular formula is C71H102F30N15O15P5. The molecule has 0 aliphatic rings. The second-order valence-electron chi connectivity index (χ2n) is 26.9. The number of hydrogen-bond acceptors (Lipinski definition) is 20. The van der Waals surface area contributed by atoms with Crippen molar-refractivity contribution in [3.63, 3.8) is 0 Å². The first kappa shape index (κ1) is 133. The van der Waals surface area contributed by atoms with Crippen molar-refractivity contribution in [2.45, 2.75) is 177 Å². The zero-order chi connectivity index (χ0) is 108. The fourth-order valence-electron chi connectivity index (χ4n) is 9.21. The van der Waals surface area contributed by atoms with Crippen LogP contribution in [-0.2, 0) is 47.9 Å². The SMILES string of the molecule is CCC(CC)Oc1cc(N(C=O)C=O)ccc1N=[NH2+].CCC(CC)Oc1cc(N(C=O)C=O)ccc1N=[NH2+].CCC(CC)Oc1cc(N(C=O)C=O)ccc1N=[NH2+].CCCCC(CC)COc1cc(N(C=O)C=O)ccc1N=[NH2+].CCCCC(CC)COc1cc(N(C=O)C=O)ccc1N=[NH2+].F[P-](F)(F)(F)(F)F.F[P-](F)(F)(F)(F)F.F[P-](F)(F)(F)(F)F.F[P-](F)(F)(F)(F)F.F[P-](F)(F)(F)(F)F. The van der Waals surface area contributed by atoms with E-state index in [9.17, 15) is 174 Å². The topological polar surface area (TPSA) is 423 Å². The zero-order valence-electron chi connectivity index (χ0n) is 73.2. The van der Waals surface area contributed by atoms with Crippen LogP contribution in [0.2, 0.25) is 0 Å². The van der Waals surface area contributed by atoms with Gasteiger partial charge in [-0.15, -0.1) is 0 Å². The molecule has 0 aromatic heterocycles. The number of anilines is 5. The van der Waals surface area contributed by atoms with E-state index in [1.807, 2.05) is 41.5 Å². The zero-order valence-corrected chi connectivity index (χ0v) is 77.7. The second-order valence-corrected chi connectivity index (χ2v) is 36.5. The van der Waals surface area contributed by atoms with Crippen molar-refractivity contribution in [2.75, 3.05) is 37.7 Å². The van der Waals surface area contributed by atoms with Crippen LogP contribution < -0.4 is 75.8 Å². The monoisotopic (exact) mass is 2130 g/mol. The molecule has 0 saturated carbocycles. The van der Waals surface area contributed by atoms with Gasteiger partial charge in [0.05, 0.1) is 60.0 Å². The number of carbonyl (C=O) groups is 10. The van der Waals surface area contributed by atoms with Crippen molar-refractivity contribution in [3.8, 4) is 28.7 Å². The van der Waals surface area contributed by atoms with E-state index in [0.29, 0.717) is 175 Å². The molecule has 2 unspecified atom stereocenters. The summed E-state index contributed by atoms with van der Waals surface area (Å²) >= 11 is 0. The molecule has 65 heteroatoms. The molecule has 0 spiro atoms. The van der Waals surface area contributed by atoms with Gasteiger partial charge in [-0.1, -0.05) is 108 Å². The van der Waals surface area contributed by atoms with E-state index >= 15 is 0 Å². The van der Waals surface area contributed by atoms with E-state index in [4.69, 9.17) is 51.3 Å². The number of unbranched alkanes of at least 4 members (excludes halogenated alkanes) is 2. The third-order valence-electron chi connectivity index (χ3n) is 15.7. The predicted molar refractivity (Wildman–Crippen MR) is 446 cm³/mol. The first-order chi connectivity index (χ1) is 61.2. The van der Waals surface area contributed by atoms with Crippen molar-refractivity contribution in [1.29, 1.82) is 0 Å². The van der Waals surface area contributed by atoms with Crippen LogP contribution in [0.25, 0.3) is 0 Å². The van der Waals surface area contributed by atoms with E-state index in [-0.39, 0.29) is 18.3 Å². The van der Waals surface area contributed by atoms with E-state index in [1.165, 1.54) is 12.8 Å². The minimum atomic E-state index is -10.7. The molecule has 136 heavy (non-hydrogen) atoms. The average molecular weight is 2130 g/mol. The van der Waals surface area contributed by atoms with Gasteiger partial charge in [0.25, 0.3) is 0 Å². The maximum atomic E-state index is 10.8. The Balaban J connectivity index is -0.000000483. The molecule has 10 amide bonds. The molecule has 0 aliphatic carbocycles. The van der Waals surface area contributed by atoms with Crippen molar-refractivity contribution in [3.05, 3.63) is 91.0 Å². The Bertz CT molecular complexity index is 4150. The number of amides is 10. The summed E-state index contributed by atoms with van der Waals surface area (Å²) in [4.78, 5) is 112. The Morgan fingerprint density at radius 3 is 0.529 bits per heavy atom. The van der Waals surface area contributed by atoms with Crippen molar-refractivity contribution in [2.24, 2.45) is 37.4 Å². The van der Waals surface area contributed by atoms with Crippen LogP contribution in [0.1, 0.15) is 159 Å². The van der Waals surface area contributed by atoms with Gasteiger partial charge in [0.15, 0.2) is 57.2 Å². The van der Waals surface area contributed by atoms with Gasteiger partial charge in [0, 0.05) is 30.3 Å². The quantitative estimate of drug-likeness (QED) is 0.0105. The van der Waals surface area contributed by atoms with Gasteiger partial charge in [-0.05, 0) is 149 Å². The average Bonchev–Trinajstić information content (AvgIpc) is 0.798. The molecule has 5 rings (SSSR count). The van der Waals surface area contributed by atoms with Gasteiger partial charge in [0.1, 0.15) is 0 Å². The second kappa shape index (κ2) is 51.9. The maximum absolute atomic E-state index is 10.8. The van der Waals surface area contributed by atoms with Gasteiger partial charge < -0.3 is 23.7 Å². The van der Waals surface area contributed by atoms with Crippen LogP contribution in [0, 0.1) is 11.8 Å². The van der Waals surface area contributed by atoms with Gasteiger partial charge >= 0.3 is 165 Å². The molecule has 0 saturated heterocycles. The van der Waals surface area contributed by atoms with Crippen LogP contribution in [0.15, 0.2) is 117 Å². The van der Waals surface area contributed by atoms with Gasteiger partial charge in [-0.25, -0.2) is 0 Å². The van der Waals surface area contributed by atoms with Gasteiger partial charge in [0.2, 0.25) is 64.1 Å². The fourth-order valence-corrected chi connectivity index (χ4v) is 9.21. The number of rotatable bonds is 46.